The van der Waals surface area contributed by atoms with Crippen LogP contribution in [-0.4, -0.2) is 13.0 Å². The van der Waals surface area contributed by atoms with Crippen LogP contribution in [0.2, 0.25) is 0 Å². The van der Waals surface area contributed by atoms with E-state index in [0.717, 1.165) is 15.2 Å². The number of halogens is 1. The minimum Gasteiger partial charge on any atom is -0.285 e. The smallest absolute Gasteiger partial charge is 0.274 e. The van der Waals surface area contributed by atoms with Gasteiger partial charge in [-0.3, -0.25) is 4.55 Å². The first-order chi connectivity index (χ1) is 8.22. The summed E-state index contributed by atoms with van der Waals surface area (Å²) >= 11 is 3.39. The van der Waals surface area contributed by atoms with Crippen LogP contribution in [0.25, 0.3) is 10.8 Å². The van der Waals surface area contributed by atoms with Gasteiger partial charge in [-0.25, -0.2) is 0 Å². The molecule has 0 saturated carbocycles. The first-order valence-corrected chi connectivity index (χ1v) is 7.62. The summed E-state index contributed by atoms with van der Waals surface area (Å²) in [6.07, 6.45) is 0. The number of rotatable bonds is 2. The first-order valence-electron chi connectivity index (χ1n) is 5.39. The quantitative estimate of drug-likeness (QED) is 0.854. The Morgan fingerprint density at radius 2 is 1.61 bits per heavy atom. The highest BCUT2D eigenvalue weighted by Crippen LogP contribution is 2.31. The number of benzene rings is 2. The Bertz CT molecular complexity index is 705. The van der Waals surface area contributed by atoms with E-state index in [1.165, 1.54) is 13.8 Å². The van der Waals surface area contributed by atoms with Crippen molar-refractivity contribution in [3.8, 4) is 0 Å². The summed E-state index contributed by atoms with van der Waals surface area (Å²) in [6.45, 7) is 2.98. The van der Waals surface area contributed by atoms with Crippen LogP contribution < -0.4 is 0 Å². The molecule has 0 unspecified atom stereocenters. The third kappa shape index (κ3) is 2.30. The largest absolute Gasteiger partial charge is 0.285 e. The standard InChI is InChI=1S/C13H13BrO3S/c1-13(2,18(15,16)17)11-5-3-10-8-12(14)6-4-9(10)7-11/h3-8H,1-2H3,(H,15,16,17). The normalized spacial score (nSPS) is 12.9. The fraction of sp³-hybridized carbons (Fsp3) is 0.231. The Morgan fingerprint density at radius 3 is 2.22 bits per heavy atom. The molecule has 0 saturated heterocycles. The van der Waals surface area contributed by atoms with Crippen molar-refractivity contribution in [2.24, 2.45) is 0 Å². The maximum atomic E-state index is 11.4. The zero-order chi connectivity index (χ0) is 13.6. The van der Waals surface area contributed by atoms with E-state index in [2.05, 4.69) is 15.9 Å². The van der Waals surface area contributed by atoms with Crippen LogP contribution in [0.15, 0.2) is 40.9 Å². The van der Waals surface area contributed by atoms with Gasteiger partial charge in [0.15, 0.2) is 0 Å². The Labute approximate surface area is 115 Å². The highest BCUT2D eigenvalue weighted by atomic mass is 79.9. The van der Waals surface area contributed by atoms with Crippen LogP contribution in [0, 0.1) is 0 Å². The third-order valence-corrected chi connectivity index (χ3v) is 5.16. The van der Waals surface area contributed by atoms with Crippen molar-refractivity contribution in [3.63, 3.8) is 0 Å². The van der Waals surface area contributed by atoms with Crippen LogP contribution in [0.5, 0.6) is 0 Å². The molecular weight excluding hydrogens is 316 g/mol. The highest BCUT2D eigenvalue weighted by Gasteiger charge is 2.34. The average molecular weight is 329 g/mol. The lowest BCUT2D eigenvalue weighted by Gasteiger charge is -2.21. The van der Waals surface area contributed by atoms with Gasteiger partial charge in [0.2, 0.25) is 0 Å². The van der Waals surface area contributed by atoms with Crippen LogP contribution in [0.3, 0.4) is 0 Å². The summed E-state index contributed by atoms with van der Waals surface area (Å²) < 4.78 is 31.7. The van der Waals surface area contributed by atoms with E-state index in [9.17, 15) is 13.0 Å². The maximum absolute atomic E-state index is 11.4. The summed E-state index contributed by atoms with van der Waals surface area (Å²) in [4.78, 5) is 0. The van der Waals surface area contributed by atoms with Gasteiger partial charge < -0.3 is 0 Å². The highest BCUT2D eigenvalue weighted by molar-refractivity contribution is 9.10. The van der Waals surface area contributed by atoms with Gasteiger partial charge >= 0.3 is 0 Å². The SMILES string of the molecule is CC(C)(c1ccc2cc(Br)ccc2c1)S(=O)(=O)O. The molecular formula is C13H13BrO3S. The molecule has 2 aromatic carbocycles. The Morgan fingerprint density at radius 1 is 1.06 bits per heavy atom. The minimum atomic E-state index is -4.14. The Kier molecular flexibility index (Phi) is 3.25. The summed E-state index contributed by atoms with van der Waals surface area (Å²) in [6, 6.07) is 11.1. The molecule has 0 spiro atoms. The molecule has 0 aliphatic carbocycles. The lowest BCUT2D eigenvalue weighted by Crippen LogP contribution is -2.28. The minimum absolute atomic E-state index is 0.569. The number of hydrogen-bond acceptors (Lipinski definition) is 2. The van der Waals surface area contributed by atoms with E-state index in [-0.39, 0.29) is 0 Å². The summed E-state index contributed by atoms with van der Waals surface area (Å²) in [7, 11) is -4.14. The zero-order valence-electron chi connectivity index (χ0n) is 10.0. The topological polar surface area (TPSA) is 54.4 Å². The molecule has 3 nitrogen and oxygen atoms in total. The Balaban J connectivity index is 2.65. The molecule has 0 heterocycles. The molecule has 0 aliphatic heterocycles. The predicted molar refractivity (Wildman–Crippen MR) is 76.2 cm³/mol. The van der Waals surface area contributed by atoms with Crippen LogP contribution in [0.1, 0.15) is 19.4 Å². The van der Waals surface area contributed by atoms with Crippen molar-refractivity contribution in [2.45, 2.75) is 18.6 Å². The van der Waals surface area contributed by atoms with E-state index in [1.807, 2.05) is 24.3 Å². The molecule has 1 N–H and O–H groups in total. The van der Waals surface area contributed by atoms with Crippen molar-refractivity contribution in [1.82, 2.24) is 0 Å². The van der Waals surface area contributed by atoms with E-state index in [0.29, 0.717) is 5.56 Å². The lowest BCUT2D eigenvalue weighted by molar-refractivity contribution is 0.445. The van der Waals surface area contributed by atoms with Gasteiger partial charge in [0.05, 0.1) is 0 Å². The third-order valence-electron chi connectivity index (χ3n) is 3.14. The second kappa shape index (κ2) is 4.33. The fourth-order valence-electron chi connectivity index (χ4n) is 1.74. The molecule has 0 aromatic heterocycles. The molecule has 2 aromatic rings. The summed E-state index contributed by atoms with van der Waals surface area (Å²) in [5.41, 5.74) is 0.569. The van der Waals surface area contributed by atoms with Gasteiger partial charge in [-0.05, 0) is 48.4 Å². The van der Waals surface area contributed by atoms with Crippen LogP contribution in [-0.2, 0) is 14.9 Å². The van der Waals surface area contributed by atoms with Gasteiger partial charge in [0.1, 0.15) is 4.75 Å². The second-order valence-electron chi connectivity index (χ2n) is 4.69. The van der Waals surface area contributed by atoms with E-state index in [4.69, 9.17) is 0 Å². The summed E-state index contributed by atoms with van der Waals surface area (Å²) in [5.74, 6) is 0. The van der Waals surface area contributed by atoms with Crippen molar-refractivity contribution >= 4 is 36.8 Å². The summed E-state index contributed by atoms with van der Waals surface area (Å²) in [5, 5.41) is 1.95. The van der Waals surface area contributed by atoms with Crippen molar-refractivity contribution in [1.29, 1.82) is 0 Å². The molecule has 0 bridgehead atoms. The van der Waals surface area contributed by atoms with E-state index in [1.54, 1.807) is 12.1 Å². The molecule has 0 fully saturated rings. The molecule has 5 heteroatoms. The van der Waals surface area contributed by atoms with Gasteiger partial charge in [-0.2, -0.15) is 8.42 Å². The molecule has 0 aliphatic rings. The fourth-order valence-corrected chi connectivity index (χ4v) is 2.54. The van der Waals surface area contributed by atoms with Crippen molar-refractivity contribution in [3.05, 3.63) is 46.4 Å². The van der Waals surface area contributed by atoms with Crippen molar-refractivity contribution < 1.29 is 13.0 Å². The molecule has 2 rings (SSSR count). The molecule has 0 radical (unpaired) electrons. The lowest BCUT2D eigenvalue weighted by atomic mass is 9.98. The van der Waals surface area contributed by atoms with E-state index < -0.39 is 14.9 Å². The molecule has 96 valence electrons. The maximum Gasteiger partial charge on any atom is 0.274 e. The van der Waals surface area contributed by atoms with E-state index >= 15 is 0 Å². The van der Waals surface area contributed by atoms with Gasteiger partial charge in [-0.15, -0.1) is 0 Å². The monoisotopic (exact) mass is 328 g/mol. The molecule has 18 heavy (non-hydrogen) atoms. The number of fused-ring (bicyclic) bond motifs is 1. The number of hydrogen-bond donors (Lipinski definition) is 1. The average Bonchev–Trinajstić information content (AvgIpc) is 2.26. The molecule has 0 amide bonds. The predicted octanol–water partition coefficient (Wildman–Crippen LogP) is 3.73. The molecule has 0 atom stereocenters. The Hall–Kier alpha value is -0.910. The van der Waals surface area contributed by atoms with Gasteiger partial charge in [0, 0.05) is 4.47 Å². The van der Waals surface area contributed by atoms with Crippen molar-refractivity contribution in [2.75, 3.05) is 0 Å². The second-order valence-corrected chi connectivity index (χ2v) is 7.58. The first kappa shape index (κ1) is 13.5. The zero-order valence-corrected chi connectivity index (χ0v) is 12.4. The van der Waals surface area contributed by atoms with Crippen LogP contribution in [0.4, 0.5) is 0 Å². The van der Waals surface area contributed by atoms with Crippen LogP contribution >= 0.6 is 15.9 Å². The van der Waals surface area contributed by atoms with Gasteiger partial charge in [0.25, 0.3) is 10.1 Å². The van der Waals surface area contributed by atoms with Gasteiger partial charge in [-0.1, -0.05) is 34.1 Å².